The van der Waals surface area contributed by atoms with Gasteiger partial charge in [-0.25, -0.2) is 5.43 Å². The highest BCUT2D eigenvalue weighted by Gasteiger charge is 2.17. The van der Waals surface area contributed by atoms with E-state index in [9.17, 15) is 9.59 Å². The van der Waals surface area contributed by atoms with E-state index in [4.69, 9.17) is 5.11 Å². The molecule has 0 saturated carbocycles. The third kappa shape index (κ3) is 4.57. The Hall–Kier alpha value is -2.86. The molecular formula is C18H21N3O3. The first kappa shape index (κ1) is 17.5. The number of anilines is 1. The first-order chi connectivity index (χ1) is 11.5. The van der Waals surface area contributed by atoms with E-state index >= 15 is 0 Å². The molecule has 0 aromatic heterocycles. The summed E-state index contributed by atoms with van der Waals surface area (Å²) >= 11 is 0. The summed E-state index contributed by atoms with van der Waals surface area (Å²) in [4.78, 5) is 23.5. The lowest BCUT2D eigenvalue weighted by Crippen LogP contribution is -2.46. The van der Waals surface area contributed by atoms with Gasteiger partial charge in [-0.15, -0.1) is 0 Å². The highest BCUT2D eigenvalue weighted by molar-refractivity contribution is 5.74. The highest BCUT2D eigenvalue weighted by atomic mass is 16.4. The number of aliphatic carboxylic acids is 1. The van der Waals surface area contributed by atoms with E-state index in [0.29, 0.717) is 6.41 Å². The molecule has 6 nitrogen and oxygen atoms in total. The summed E-state index contributed by atoms with van der Waals surface area (Å²) in [5.74, 6) is -1.02. The van der Waals surface area contributed by atoms with Crippen molar-refractivity contribution in [2.24, 2.45) is 0 Å². The van der Waals surface area contributed by atoms with Crippen LogP contribution in [0.2, 0.25) is 0 Å². The number of carbonyl (C=O) groups excluding carboxylic acids is 1. The SMILES string of the molecule is CN(C)c1cccc(-c2ccc(C[C@H](NNC=O)C(=O)O)cc2)c1. The van der Waals surface area contributed by atoms with E-state index in [0.717, 1.165) is 22.4 Å². The average Bonchev–Trinajstić information content (AvgIpc) is 2.59. The van der Waals surface area contributed by atoms with Crippen LogP contribution in [-0.2, 0) is 16.0 Å². The van der Waals surface area contributed by atoms with Gasteiger partial charge in [-0.05, 0) is 28.8 Å². The maximum absolute atomic E-state index is 11.2. The van der Waals surface area contributed by atoms with E-state index in [2.05, 4.69) is 16.9 Å². The monoisotopic (exact) mass is 327 g/mol. The fourth-order valence-corrected chi connectivity index (χ4v) is 2.37. The largest absolute Gasteiger partial charge is 0.480 e. The van der Waals surface area contributed by atoms with Crippen molar-refractivity contribution in [2.75, 3.05) is 19.0 Å². The Morgan fingerprint density at radius 1 is 1.17 bits per heavy atom. The van der Waals surface area contributed by atoms with Crippen LogP contribution in [0.4, 0.5) is 5.69 Å². The van der Waals surface area contributed by atoms with Crippen LogP contribution in [0.1, 0.15) is 5.56 Å². The van der Waals surface area contributed by atoms with E-state index in [-0.39, 0.29) is 6.42 Å². The van der Waals surface area contributed by atoms with Crippen LogP contribution in [0.25, 0.3) is 11.1 Å². The van der Waals surface area contributed by atoms with Crippen molar-refractivity contribution in [3.8, 4) is 11.1 Å². The first-order valence-corrected chi connectivity index (χ1v) is 7.55. The second kappa shape index (κ2) is 8.12. The number of hydrazine groups is 1. The van der Waals surface area contributed by atoms with Crippen LogP contribution in [0.3, 0.4) is 0 Å². The molecule has 0 aliphatic heterocycles. The van der Waals surface area contributed by atoms with Crippen LogP contribution in [0.15, 0.2) is 48.5 Å². The zero-order valence-electron chi connectivity index (χ0n) is 13.7. The third-order valence-electron chi connectivity index (χ3n) is 3.70. The van der Waals surface area contributed by atoms with Crippen molar-refractivity contribution in [2.45, 2.75) is 12.5 Å². The molecule has 0 heterocycles. The summed E-state index contributed by atoms with van der Waals surface area (Å²) in [6.45, 7) is 0. The molecule has 2 aromatic carbocycles. The minimum absolute atomic E-state index is 0.272. The number of amides is 1. The number of benzene rings is 2. The molecule has 6 heteroatoms. The molecule has 0 aliphatic rings. The van der Waals surface area contributed by atoms with Gasteiger partial charge in [0.2, 0.25) is 6.41 Å². The normalized spacial score (nSPS) is 11.6. The Morgan fingerprint density at radius 2 is 1.88 bits per heavy atom. The molecule has 1 amide bonds. The molecule has 24 heavy (non-hydrogen) atoms. The van der Waals surface area contributed by atoms with Crippen molar-refractivity contribution in [3.63, 3.8) is 0 Å². The van der Waals surface area contributed by atoms with Gasteiger partial charge in [-0.3, -0.25) is 15.0 Å². The van der Waals surface area contributed by atoms with Gasteiger partial charge in [0.25, 0.3) is 0 Å². The van der Waals surface area contributed by atoms with Gasteiger partial charge >= 0.3 is 5.97 Å². The molecule has 0 radical (unpaired) electrons. The molecular weight excluding hydrogens is 306 g/mol. The summed E-state index contributed by atoms with van der Waals surface area (Å²) in [6, 6.07) is 15.0. The standard InChI is InChI=1S/C18H21N3O3/c1-21(2)16-5-3-4-15(11-16)14-8-6-13(7-9-14)10-17(18(23)24)20-19-12-22/h3-9,11-12,17,20H,10H2,1-2H3,(H,19,22)(H,23,24)/t17-/m0/s1. The minimum Gasteiger partial charge on any atom is -0.480 e. The molecule has 126 valence electrons. The molecule has 1 atom stereocenters. The third-order valence-corrected chi connectivity index (χ3v) is 3.70. The van der Waals surface area contributed by atoms with Gasteiger partial charge in [-0.1, -0.05) is 36.4 Å². The molecule has 0 spiro atoms. The van der Waals surface area contributed by atoms with Crippen molar-refractivity contribution < 1.29 is 14.7 Å². The number of carbonyl (C=O) groups is 2. The summed E-state index contributed by atoms with van der Waals surface area (Å²) in [5, 5.41) is 9.15. The van der Waals surface area contributed by atoms with Crippen LogP contribution in [0, 0.1) is 0 Å². The first-order valence-electron chi connectivity index (χ1n) is 7.55. The summed E-state index contributed by atoms with van der Waals surface area (Å²) in [5.41, 5.74) is 8.80. The number of nitrogens with zero attached hydrogens (tertiary/aromatic N) is 1. The van der Waals surface area contributed by atoms with Crippen molar-refractivity contribution in [1.29, 1.82) is 0 Å². The average molecular weight is 327 g/mol. The van der Waals surface area contributed by atoms with Crippen LogP contribution >= 0.6 is 0 Å². The summed E-state index contributed by atoms with van der Waals surface area (Å²) in [7, 11) is 3.99. The predicted molar refractivity (Wildman–Crippen MR) is 93.7 cm³/mol. The van der Waals surface area contributed by atoms with Crippen LogP contribution in [0.5, 0.6) is 0 Å². The van der Waals surface area contributed by atoms with Crippen molar-refractivity contribution in [1.82, 2.24) is 10.9 Å². The maximum atomic E-state index is 11.2. The Balaban J connectivity index is 2.13. The molecule has 2 aromatic rings. The van der Waals surface area contributed by atoms with Crippen LogP contribution < -0.4 is 15.8 Å². The lowest BCUT2D eigenvalue weighted by Gasteiger charge is -2.15. The lowest BCUT2D eigenvalue weighted by atomic mass is 10.0. The van der Waals surface area contributed by atoms with Crippen molar-refractivity contribution in [3.05, 3.63) is 54.1 Å². The fourth-order valence-electron chi connectivity index (χ4n) is 2.37. The van der Waals surface area contributed by atoms with Gasteiger partial charge in [-0.2, -0.15) is 0 Å². The second-order valence-corrected chi connectivity index (χ2v) is 5.64. The summed E-state index contributed by atoms with van der Waals surface area (Å²) < 4.78 is 0. The molecule has 0 bridgehead atoms. The van der Waals surface area contributed by atoms with Gasteiger partial charge < -0.3 is 10.0 Å². The molecule has 2 rings (SSSR count). The molecule has 0 unspecified atom stereocenters. The van der Waals surface area contributed by atoms with Gasteiger partial charge in [0.15, 0.2) is 0 Å². The van der Waals surface area contributed by atoms with E-state index in [1.54, 1.807) is 0 Å². The van der Waals surface area contributed by atoms with Crippen molar-refractivity contribution >= 4 is 18.1 Å². The Labute approximate surface area is 141 Å². The van der Waals surface area contributed by atoms with Crippen LogP contribution in [-0.4, -0.2) is 37.6 Å². The number of rotatable bonds is 8. The van der Waals surface area contributed by atoms with Gasteiger partial charge in [0.1, 0.15) is 6.04 Å². The number of carboxylic acids is 1. The zero-order valence-corrected chi connectivity index (χ0v) is 13.7. The van der Waals surface area contributed by atoms with E-state index in [1.807, 2.05) is 61.5 Å². The zero-order chi connectivity index (χ0) is 17.5. The molecule has 0 saturated heterocycles. The minimum atomic E-state index is -1.02. The summed E-state index contributed by atoms with van der Waals surface area (Å²) in [6.07, 6.45) is 0.685. The van der Waals surface area contributed by atoms with Gasteiger partial charge in [0, 0.05) is 26.2 Å². The Morgan fingerprint density at radius 3 is 2.46 bits per heavy atom. The number of nitrogens with one attached hydrogen (secondary N) is 2. The maximum Gasteiger partial charge on any atom is 0.322 e. The molecule has 0 aliphatic carbocycles. The van der Waals surface area contributed by atoms with Gasteiger partial charge in [0.05, 0.1) is 0 Å². The highest BCUT2D eigenvalue weighted by Crippen LogP contribution is 2.24. The molecule has 0 fully saturated rings. The Bertz CT molecular complexity index is 699. The van der Waals surface area contributed by atoms with E-state index in [1.165, 1.54) is 0 Å². The lowest BCUT2D eigenvalue weighted by molar-refractivity contribution is -0.139. The topological polar surface area (TPSA) is 81.7 Å². The molecule has 3 N–H and O–H groups in total. The predicted octanol–water partition coefficient (Wildman–Crippen LogP) is 1.67. The number of hydrogen-bond donors (Lipinski definition) is 3. The quantitative estimate of drug-likeness (QED) is 0.507. The number of carboxylic acid groups (broad SMARTS) is 1. The number of hydrogen-bond acceptors (Lipinski definition) is 4. The van der Waals surface area contributed by atoms with E-state index < -0.39 is 12.0 Å². The second-order valence-electron chi connectivity index (χ2n) is 5.64. The Kier molecular flexibility index (Phi) is 5.92. The smallest absolute Gasteiger partial charge is 0.322 e. The fraction of sp³-hybridized carbons (Fsp3) is 0.222.